The molecule has 0 aromatic heterocycles. The molecule has 2 aromatic rings. The number of alkyl halides is 3. The van der Waals surface area contributed by atoms with E-state index in [1.165, 1.54) is 17.0 Å². The van der Waals surface area contributed by atoms with E-state index in [1.807, 2.05) is 6.92 Å². The highest BCUT2D eigenvalue weighted by atomic mass is 19.4. The first-order chi connectivity index (χ1) is 18.6. The molecule has 2 amide bonds. The van der Waals surface area contributed by atoms with Crippen LogP contribution in [-0.2, 0) is 15.8 Å². The number of carbonyl (C=O) groups is 2. The molecule has 4 rings (SSSR count). The molecule has 1 saturated carbocycles. The van der Waals surface area contributed by atoms with Gasteiger partial charge in [0.25, 0.3) is 5.91 Å². The molecule has 1 fully saturated rings. The Morgan fingerprint density at radius 2 is 1.79 bits per heavy atom. The van der Waals surface area contributed by atoms with Crippen molar-refractivity contribution in [1.29, 1.82) is 0 Å². The first-order valence-corrected chi connectivity index (χ1v) is 13.7. The van der Waals surface area contributed by atoms with E-state index in [1.54, 1.807) is 31.3 Å². The Balaban J connectivity index is 1.68. The highest BCUT2D eigenvalue weighted by Crippen LogP contribution is 2.34. The summed E-state index contributed by atoms with van der Waals surface area (Å²) in [5.41, 5.74) is 1.01. The van der Waals surface area contributed by atoms with Gasteiger partial charge in [0, 0.05) is 18.2 Å². The SMILES string of the molecule is CCCCC(O)C(CC1CCCC1)C(=O)NC1N=C(c2ccc(C(F)(F)F)cc2)c2ccccc2N(C)C1=O. The molecule has 2 aliphatic rings. The Morgan fingerprint density at radius 1 is 1.13 bits per heavy atom. The third-order valence-electron chi connectivity index (χ3n) is 7.82. The van der Waals surface area contributed by atoms with Crippen LogP contribution in [0.2, 0.25) is 0 Å². The van der Waals surface area contributed by atoms with E-state index in [0.717, 1.165) is 50.7 Å². The van der Waals surface area contributed by atoms with E-state index in [9.17, 15) is 27.9 Å². The normalized spacial score (nSPS) is 19.7. The predicted octanol–water partition coefficient (Wildman–Crippen LogP) is 5.71. The van der Waals surface area contributed by atoms with Gasteiger partial charge in [0.2, 0.25) is 12.1 Å². The molecule has 0 bridgehead atoms. The molecule has 1 heterocycles. The van der Waals surface area contributed by atoms with E-state index in [2.05, 4.69) is 10.3 Å². The van der Waals surface area contributed by atoms with Crippen molar-refractivity contribution in [1.82, 2.24) is 5.32 Å². The molecule has 39 heavy (non-hydrogen) atoms. The summed E-state index contributed by atoms with van der Waals surface area (Å²) in [7, 11) is 1.58. The number of aliphatic hydroxyl groups excluding tert-OH is 1. The third kappa shape index (κ3) is 6.69. The monoisotopic (exact) mass is 543 g/mol. The molecule has 1 aliphatic heterocycles. The number of amides is 2. The first-order valence-electron chi connectivity index (χ1n) is 13.7. The Morgan fingerprint density at radius 3 is 2.44 bits per heavy atom. The molecule has 0 saturated heterocycles. The van der Waals surface area contributed by atoms with Crippen LogP contribution in [-0.4, -0.2) is 41.9 Å². The van der Waals surface area contributed by atoms with Crippen molar-refractivity contribution >= 4 is 23.2 Å². The minimum absolute atomic E-state index is 0.307. The lowest BCUT2D eigenvalue weighted by atomic mass is 9.86. The number of para-hydroxylation sites is 1. The van der Waals surface area contributed by atoms with Crippen molar-refractivity contribution in [3.63, 3.8) is 0 Å². The summed E-state index contributed by atoms with van der Waals surface area (Å²) < 4.78 is 39.6. The van der Waals surface area contributed by atoms with Crippen LogP contribution < -0.4 is 10.2 Å². The van der Waals surface area contributed by atoms with E-state index in [0.29, 0.717) is 41.3 Å². The van der Waals surface area contributed by atoms with E-state index in [4.69, 9.17) is 0 Å². The number of aliphatic imine (C=N–C) groups is 1. The molecule has 2 aromatic carbocycles. The van der Waals surface area contributed by atoms with Gasteiger partial charge in [-0.15, -0.1) is 0 Å². The molecule has 6 nitrogen and oxygen atoms in total. The zero-order valence-electron chi connectivity index (χ0n) is 22.4. The maximum absolute atomic E-state index is 13.6. The molecule has 3 atom stereocenters. The highest BCUT2D eigenvalue weighted by molar-refractivity contribution is 6.20. The van der Waals surface area contributed by atoms with Crippen LogP contribution in [0.1, 0.15) is 75.0 Å². The number of aliphatic hydroxyl groups is 1. The van der Waals surface area contributed by atoms with Gasteiger partial charge in [0.15, 0.2) is 0 Å². The lowest BCUT2D eigenvalue weighted by molar-refractivity contribution is -0.137. The molecule has 0 radical (unpaired) electrons. The lowest BCUT2D eigenvalue weighted by Gasteiger charge is -2.27. The van der Waals surface area contributed by atoms with Crippen LogP contribution in [0, 0.1) is 11.8 Å². The second-order valence-corrected chi connectivity index (χ2v) is 10.6. The fourth-order valence-corrected chi connectivity index (χ4v) is 5.56. The van der Waals surface area contributed by atoms with Gasteiger partial charge < -0.3 is 15.3 Å². The molecule has 3 unspecified atom stereocenters. The predicted molar refractivity (Wildman–Crippen MR) is 144 cm³/mol. The molecule has 210 valence electrons. The van der Waals surface area contributed by atoms with Crippen molar-refractivity contribution < 1.29 is 27.9 Å². The maximum atomic E-state index is 13.6. The number of hydrogen-bond donors (Lipinski definition) is 2. The molecule has 0 spiro atoms. The van der Waals surface area contributed by atoms with Crippen LogP contribution in [0.4, 0.5) is 18.9 Å². The van der Waals surface area contributed by atoms with Gasteiger partial charge in [-0.1, -0.05) is 75.8 Å². The number of carbonyl (C=O) groups excluding carboxylic acids is 2. The van der Waals surface area contributed by atoms with Crippen molar-refractivity contribution in [3.8, 4) is 0 Å². The Kier molecular flexibility index (Phi) is 9.10. The van der Waals surface area contributed by atoms with Gasteiger partial charge in [0.1, 0.15) is 0 Å². The van der Waals surface area contributed by atoms with Crippen LogP contribution in [0.5, 0.6) is 0 Å². The summed E-state index contributed by atoms with van der Waals surface area (Å²) in [4.78, 5) is 33.1. The second kappa shape index (κ2) is 12.3. The number of benzene rings is 2. The van der Waals surface area contributed by atoms with Crippen LogP contribution in [0.15, 0.2) is 53.5 Å². The molecular formula is C30H36F3N3O3. The van der Waals surface area contributed by atoms with Gasteiger partial charge in [-0.3, -0.25) is 9.59 Å². The number of fused-ring (bicyclic) bond motifs is 1. The zero-order chi connectivity index (χ0) is 28.2. The first kappa shape index (κ1) is 28.8. The number of halogens is 3. The summed E-state index contributed by atoms with van der Waals surface area (Å²) in [5.74, 6) is -1.23. The molecule has 2 N–H and O–H groups in total. The summed E-state index contributed by atoms with van der Waals surface area (Å²) in [5, 5.41) is 13.7. The van der Waals surface area contributed by atoms with Gasteiger partial charge in [-0.2, -0.15) is 13.2 Å². The van der Waals surface area contributed by atoms with E-state index >= 15 is 0 Å². The standard InChI is InChI=1S/C30H36F3N3O3/c1-3-4-13-25(37)23(18-19-9-5-6-10-19)28(38)35-27-29(39)36(2)24-12-8-7-11-22(24)26(34-27)20-14-16-21(17-15-20)30(31,32)33/h7-8,11-12,14-17,19,23,25,27,37H,3-6,9-10,13,18H2,1-2H3,(H,35,38). The largest absolute Gasteiger partial charge is 0.416 e. The number of hydrogen-bond acceptors (Lipinski definition) is 4. The molecule has 1 aliphatic carbocycles. The average molecular weight is 544 g/mol. The fraction of sp³-hybridized carbons (Fsp3) is 0.500. The summed E-state index contributed by atoms with van der Waals surface area (Å²) in [6, 6.07) is 11.6. The summed E-state index contributed by atoms with van der Waals surface area (Å²) in [6.45, 7) is 2.02. The van der Waals surface area contributed by atoms with Gasteiger partial charge in [-0.25, -0.2) is 4.99 Å². The number of nitrogens with zero attached hydrogens (tertiary/aromatic N) is 2. The van der Waals surface area contributed by atoms with Gasteiger partial charge >= 0.3 is 6.18 Å². The van der Waals surface area contributed by atoms with E-state index in [-0.39, 0.29) is 0 Å². The number of likely N-dealkylation sites (N-methyl/N-ethyl adjacent to an activating group) is 1. The summed E-state index contributed by atoms with van der Waals surface area (Å²) in [6.07, 6.45) is 0.338. The average Bonchev–Trinajstić information content (AvgIpc) is 3.41. The zero-order valence-corrected chi connectivity index (χ0v) is 22.4. The quantitative estimate of drug-likeness (QED) is 0.425. The Bertz CT molecular complexity index is 1190. The Hall–Kier alpha value is -3.20. The van der Waals surface area contributed by atoms with Crippen LogP contribution in [0.3, 0.4) is 0 Å². The van der Waals surface area contributed by atoms with Gasteiger partial charge in [-0.05, 0) is 37.0 Å². The van der Waals surface area contributed by atoms with Crippen molar-refractivity contribution in [3.05, 3.63) is 65.2 Å². The number of rotatable bonds is 9. The summed E-state index contributed by atoms with van der Waals surface area (Å²) >= 11 is 0. The lowest BCUT2D eigenvalue weighted by Crippen LogP contribution is -2.49. The minimum Gasteiger partial charge on any atom is -0.392 e. The maximum Gasteiger partial charge on any atom is 0.416 e. The van der Waals surface area contributed by atoms with Crippen molar-refractivity contribution in [2.45, 2.75) is 76.7 Å². The van der Waals surface area contributed by atoms with Gasteiger partial charge in [0.05, 0.1) is 29.0 Å². The fourth-order valence-electron chi connectivity index (χ4n) is 5.56. The highest BCUT2D eigenvalue weighted by Gasteiger charge is 2.36. The van der Waals surface area contributed by atoms with Crippen LogP contribution in [0.25, 0.3) is 0 Å². The number of benzodiazepines with no additional fused rings is 1. The Labute approximate surface area is 227 Å². The van der Waals surface area contributed by atoms with E-state index < -0.39 is 41.7 Å². The number of nitrogens with one attached hydrogen (secondary N) is 1. The smallest absolute Gasteiger partial charge is 0.392 e. The second-order valence-electron chi connectivity index (χ2n) is 10.6. The van der Waals surface area contributed by atoms with Crippen molar-refractivity contribution in [2.24, 2.45) is 16.8 Å². The molecular weight excluding hydrogens is 507 g/mol. The van der Waals surface area contributed by atoms with Crippen molar-refractivity contribution in [2.75, 3.05) is 11.9 Å². The number of unbranched alkanes of at least 4 members (excludes halogenated alkanes) is 1. The topological polar surface area (TPSA) is 82.0 Å². The molecule has 9 heteroatoms. The minimum atomic E-state index is -4.48. The van der Waals surface area contributed by atoms with Crippen LogP contribution >= 0.6 is 0 Å². The third-order valence-corrected chi connectivity index (χ3v) is 7.82. The number of anilines is 1.